The van der Waals surface area contributed by atoms with Gasteiger partial charge in [-0.05, 0) is 69.2 Å². The number of halogens is 1. The first-order chi connectivity index (χ1) is 13.9. The van der Waals surface area contributed by atoms with Gasteiger partial charge in [-0.15, -0.1) is 16.4 Å². The Kier molecular flexibility index (Phi) is 5.67. The predicted octanol–water partition coefficient (Wildman–Crippen LogP) is 5.08. The SMILES string of the molecule is Cc1cc([C@@H]2CONC(c3c(Sc4ccc(F)cc4)nnc(C)c3C)=N2)c(C)s1. The fourth-order valence-electron chi connectivity index (χ4n) is 3.22. The molecule has 0 saturated heterocycles. The molecule has 1 aliphatic rings. The number of benzene rings is 1. The number of aromatic nitrogens is 2. The Morgan fingerprint density at radius 2 is 1.90 bits per heavy atom. The second kappa shape index (κ2) is 8.22. The summed E-state index contributed by atoms with van der Waals surface area (Å²) in [5.74, 6) is 0.376. The van der Waals surface area contributed by atoms with E-state index in [9.17, 15) is 4.39 Å². The van der Waals surface area contributed by atoms with Gasteiger partial charge in [-0.1, -0.05) is 11.8 Å². The highest BCUT2D eigenvalue weighted by Gasteiger charge is 2.25. The zero-order chi connectivity index (χ0) is 20.5. The Balaban J connectivity index is 1.75. The van der Waals surface area contributed by atoms with Crippen LogP contribution in [0.4, 0.5) is 4.39 Å². The number of amidine groups is 1. The molecule has 0 unspecified atom stereocenters. The van der Waals surface area contributed by atoms with E-state index in [1.54, 1.807) is 23.5 Å². The molecule has 4 rings (SSSR count). The molecule has 3 aromatic rings. The molecule has 0 amide bonds. The lowest BCUT2D eigenvalue weighted by atomic mass is 10.1. The lowest BCUT2D eigenvalue weighted by Crippen LogP contribution is -2.34. The van der Waals surface area contributed by atoms with Gasteiger partial charge in [0.15, 0.2) is 5.84 Å². The van der Waals surface area contributed by atoms with Gasteiger partial charge in [-0.3, -0.25) is 9.83 Å². The number of rotatable bonds is 4. The van der Waals surface area contributed by atoms with Crippen LogP contribution in [-0.2, 0) is 4.84 Å². The van der Waals surface area contributed by atoms with E-state index in [0.29, 0.717) is 17.5 Å². The number of hydrogen-bond donors (Lipinski definition) is 1. The molecule has 3 heterocycles. The van der Waals surface area contributed by atoms with Crippen molar-refractivity contribution >= 4 is 28.9 Å². The average molecular weight is 429 g/mol. The lowest BCUT2D eigenvalue weighted by molar-refractivity contribution is 0.0620. The maximum absolute atomic E-state index is 13.3. The van der Waals surface area contributed by atoms with Crippen LogP contribution in [0, 0.1) is 33.5 Å². The van der Waals surface area contributed by atoms with E-state index >= 15 is 0 Å². The number of thiophene rings is 1. The molecule has 0 saturated carbocycles. The molecule has 0 spiro atoms. The predicted molar refractivity (Wildman–Crippen MR) is 114 cm³/mol. The van der Waals surface area contributed by atoms with Crippen LogP contribution in [0.2, 0.25) is 0 Å². The minimum Gasteiger partial charge on any atom is -0.272 e. The van der Waals surface area contributed by atoms with E-state index in [2.05, 4.69) is 35.6 Å². The Morgan fingerprint density at radius 3 is 2.59 bits per heavy atom. The summed E-state index contributed by atoms with van der Waals surface area (Å²) in [6, 6.07) is 8.44. The van der Waals surface area contributed by atoms with Crippen molar-refractivity contribution in [3.05, 3.63) is 68.3 Å². The average Bonchev–Trinajstić information content (AvgIpc) is 3.05. The number of hydroxylamine groups is 1. The molecule has 150 valence electrons. The highest BCUT2D eigenvalue weighted by molar-refractivity contribution is 7.99. The van der Waals surface area contributed by atoms with E-state index in [1.807, 2.05) is 13.8 Å². The highest BCUT2D eigenvalue weighted by atomic mass is 32.2. The molecule has 8 heteroatoms. The standard InChI is InChI=1S/C21H21FN4OS2/c1-11-9-17(14(4)28-11)18-10-27-26-20(23-18)19-12(2)13(3)24-25-21(19)29-16-7-5-15(22)6-8-16/h5-9,18H,10H2,1-4H3,(H,23,26)/t18-/m0/s1. The number of aryl methyl sites for hydroxylation is 3. The van der Waals surface area contributed by atoms with Crippen molar-refractivity contribution in [1.82, 2.24) is 15.7 Å². The minimum absolute atomic E-state index is 0.0762. The van der Waals surface area contributed by atoms with Crippen LogP contribution in [0.15, 0.2) is 45.2 Å². The third-order valence-corrected chi connectivity index (χ3v) is 6.79. The molecule has 29 heavy (non-hydrogen) atoms. The monoisotopic (exact) mass is 428 g/mol. The Labute approximate surface area is 177 Å². The molecule has 1 aromatic carbocycles. The molecular weight excluding hydrogens is 407 g/mol. The van der Waals surface area contributed by atoms with Crippen molar-refractivity contribution in [2.75, 3.05) is 6.61 Å². The van der Waals surface area contributed by atoms with Crippen molar-refractivity contribution < 1.29 is 9.23 Å². The van der Waals surface area contributed by atoms with Crippen LogP contribution >= 0.6 is 23.1 Å². The fraction of sp³-hybridized carbons (Fsp3) is 0.286. The first-order valence-electron chi connectivity index (χ1n) is 9.22. The van der Waals surface area contributed by atoms with Crippen LogP contribution in [0.3, 0.4) is 0 Å². The van der Waals surface area contributed by atoms with Gasteiger partial charge < -0.3 is 0 Å². The lowest BCUT2D eigenvalue weighted by Gasteiger charge is -2.24. The minimum atomic E-state index is -0.267. The maximum atomic E-state index is 13.3. The topological polar surface area (TPSA) is 59.4 Å². The van der Waals surface area contributed by atoms with Crippen LogP contribution in [0.1, 0.15) is 38.2 Å². The Bertz CT molecular complexity index is 1080. The zero-order valence-electron chi connectivity index (χ0n) is 16.6. The smallest absolute Gasteiger partial charge is 0.156 e. The molecule has 0 fully saturated rings. The van der Waals surface area contributed by atoms with E-state index in [4.69, 9.17) is 9.83 Å². The zero-order valence-corrected chi connectivity index (χ0v) is 18.2. The summed E-state index contributed by atoms with van der Waals surface area (Å²) in [6.45, 7) is 8.61. The quantitative estimate of drug-likeness (QED) is 0.628. The number of nitrogens with zero attached hydrogens (tertiary/aromatic N) is 3. The van der Waals surface area contributed by atoms with Gasteiger partial charge in [-0.25, -0.2) is 9.87 Å². The third kappa shape index (κ3) is 4.19. The van der Waals surface area contributed by atoms with Crippen LogP contribution in [0.5, 0.6) is 0 Å². The molecule has 1 aliphatic heterocycles. The van der Waals surface area contributed by atoms with Gasteiger partial charge in [0.2, 0.25) is 0 Å². The van der Waals surface area contributed by atoms with E-state index in [-0.39, 0.29) is 11.9 Å². The number of nitrogens with one attached hydrogen (secondary N) is 1. The van der Waals surface area contributed by atoms with Crippen molar-refractivity contribution in [2.24, 2.45) is 4.99 Å². The second-order valence-corrected chi connectivity index (χ2v) is 9.44. The first-order valence-corrected chi connectivity index (χ1v) is 10.9. The maximum Gasteiger partial charge on any atom is 0.156 e. The van der Waals surface area contributed by atoms with Gasteiger partial charge in [-0.2, -0.15) is 5.10 Å². The molecule has 1 N–H and O–H groups in total. The van der Waals surface area contributed by atoms with Gasteiger partial charge in [0.1, 0.15) is 23.5 Å². The fourth-order valence-corrected chi connectivity index (χ4v) is 5.13. The summed E-state index contributed by atoms with van der Waals surface area (Å²) in [5, 5.41) is 9.37. The summed E-state index contributed by atoms with van der Waals surface area (Å²) in [6.07, 6.45) is 0. The van der Waals surface area contributed by atoms with Crippen molar-refractivity contribution in [3.63, 3.8) is 0 Å². The summed E-state index contributed by atoms with van der Waals surface area (Å²) in [5.41, 5.74) is 6.85. The van der Waals surface area contributed by atoms with Crippen LogP contribution in [0.25, 0.3) is 0 Å². The number of hydrogen-bond acceptors (Lipinski definition) is 7. The Hall–Kier alpha value is -2.29. The van der Waals surface area contributed by atoms with E-state index in [0.717, 1.165) is 21.7 Å². The number of aliphatic imine (C=N–C) groups is 1. The normalized spacial score (nSPS) is 16.4. The molecule has 0 radical (unpaired) electrons. The molecular formula is C21H21FN4OS2. The van der Waals surface area contributed by atoms with Gasteiger partial charge >= 0.3 is 0 Å². The highest BCUT2D eigenvalue weighted by Crippen LogP contribution is 2.34. The first kappa shape index (κ1) is 20.0. The molecule has 1 atom stereocenters. The van der Waals surface area contributed by atoms with E-state index in [1.165, 1.54) is 39.2 Å². The Morgan fingerprint density at radius 1 is 1.14 bits per heavy atom. The van der Waals surface area contributed by atoms with Crippen molar-refractivity contribution in [2.45, 2.75) is 43.7 Å². The van der Waals surface area contributed by atoms with Gasteiger partial charge in [0, 0.05) is 14.6 Å². The van der Waals surface area contributed by atoms with Crippen LogP contribution in [-0.4, -0.2) is 22.6 Å². The van der Waals surface area contributed by atoms with Crippen LogP contribution < -0.4 is 5.48 Å². The van der Waals surface area contributed by atoms with Gasteiger partial charge in [0.05, 0.1) is 11.3 Å². The summed E-state index contributed by atoms with van der Waals surface area (Å²) in [4.78, 5) is 14.1. The summed E-state index contributed by atoms with van der Waals surface area (Å²) in [7, 11) is 0. The summed E-state index contributed by atoms with van der Waals surface area (Å²) < 4.78 is 13.3. The summed E-state index contributed by atoms with van der Waals surface area (Å²) >= 11 is 3.20. The largest absolute Gasteiger partial charge is 0.272 e. The van der Waals surface area contributed by atoms with Gasteiger partial charge in [0.25, 0.3) is 0 Å². The van der Waals surface area contributed by atoms with Crippen molar-refractivity contribution in [1.29, 1.82) is 0 Å². The molecule has 5 nitrogen and oxygen atoms in total. The second-order valence-electron chi connectivity index (χ2n) is 6.92. The molecule has 0 bridgehead atoms. The van der Waals surface area contributed by atoms with Crippen molar-refractivity contribution in [3.8, 4) is 0 Å². The third-order valence-electron chi connectivity index (χ3n) is 4.82. The molecule has 2 aromatic heterocycles. The van der Waals surface area contributed by atoms with E-state index < -0.39 is 0 Å². The molecule has 0 aliphatic carbocycles.